The standard InChI is InChI=1S/C18H21N3O2/c1-21-11-13(10-19-21)17-14(7-8-23-17)18(22)20-16-9-15(16)12-5-3-2-4-6-12/h2-6,10-11,14-17H,7-9H2,1H3,(H,20,22)/t14-,15?,16?,17+/m0/s1. The van der Waals surface area contributed by atoms with Crippen molar-refractivity contribution < 1.29 is 9.53 Å². The van der Waals surface area contributed by atoms with E-state index in [9.17, 15) is 4.79 Å². The van der Waals surface area contributed by atoms with Gasteiger partial charge >= 0.3 is 0 Å². The maximum atomic E-state index is 12.6. The van der Waals surface area contributed by atoms with Crippen molar-refractivity contribution in [2.24, 2.45) is 13.0 Å². The van der Waals surface area contributed by atoms with E-state index >= 15 is 0 Å². The zero-order valence-electron chi connectivity index (χ0n) is 13.2. The smallest absolute Gasteiger partial charge is 0.226 e. The van der Waals surface area contributed by atoms with Gasteiger partial charge in [0.2, 0.25) is 5.91 Å². The minimum atomic E-state index is -0.169. The molecule has 2 heterocycles. The van der Waals surface area contributed by atoms with E-state index in [-0.39, 0.29) is 24.0 Å². The van der Waals surface area contributed by atoms with Crippen molar-refractivity contribution in [3.05, 3.63) is 53.9 Å². The van der Waals surface area contributed by atoms with Gasteiger partial charge in [0.15, 0.2) is 0 Å². The third-order valence-electron chi connectivity index (χ3n) is 4.83. The SMILES string of the molecule is Cn1cc([C@H]2OCC[C@@H]2C(=O)NC2CC2c2ccccc2)cn1. The van der Waals surface area contributed by atoms with E-state index in [1.54, 1.807) is 10.9 Å². The molecule has 1 saturated heterocycles. The predicted molar refractivity (Wildman–Crippen MR) is 85.7 cm³/mol. The maximum Gasteiger partial charge on any atom is 0.226 e. The molecule has 2 aliphatic rings. The van der Waals surface area contributed by atoms with Gasteiger partial charge in [-0.25, -0.2) is 0 Å². The lowest BCUT2D eigenvalue weighted by atomic mass is 9.96. The Bertz CT molecular complexity index is 697. The van der Waals surface area contributed by atoms with Crippen LogP contribution in [0.3, 0.4) is 0 Å². The molecule has 23 heavy (non-hydrogen) atoms. The molecule has 0 radical (unpaired) electrons. The quantitative estimate of drug-likeness (QED) is 0.941. The van der Waals surface area contributed by atoms with Crippen LogP contribution in [0.25, 0.3) is 0 Å². The summed E-state index contributed by atoms with van der Waals surface area (Å²) in [7, 11) is 1.88. The largest absolute Gasteiger partial charge is 0.373 e. The average Bonchev–Trinajstić information content (AvgIpc) is 2.97. The molecular weight excluding hydrogens is 290 g/mol. The molecule has 120 valence electrons. The molecule has 1 amide bonds. The van der Waals surface area contributed by atoms with Gasteiger partial charge in [-0.1, -0.05) is 30.3 Å². The summed E-state index contributed by atoms with van der Waals surface area (Å²) in [5, 5.41) is 7.39. The zero-order valence-corrected chi connectivity index (χ0v) is 13.2. The third-order valence-corrected chi connectivity index (χ3v) is 4.83. The highest BCUT2D eigenvalue weighted by Gasteiger charge is 2.43. The highest BCUT2D eigenvalue weighted by molar-refractivity contribution is 5.80. The van der Waals surface area contributed by atoms with Gasteiger partial charge in [-0.2, -0.15) is 5.10 Å². The van der Waals surface area contributed by atoms with Gasteiger partial charge in [-0.3, -0.25) is 9.48 Å². The number of ether oxygens (including phenoxy) is 1. The Labute approximate surface area is 135 Å². The summed E-state index contributed by atoms with van der Waals surface area (Å²) in [6, 6.07) is 10.7. The lowest BCUT2D eigenvalue weighted by molar-refractivity contribution is -0.126. The molecule has 2 aromatic rings. The summed E-state index contributed by atoms with van der Waals surface area (Å²) < 4.78 is 7.53. The molecule has 5 nitrogen and oxygen atoms in total. The monoisotopic (exact) mass is 311 g/mol. The Morgan fingerprint density at radius 3 is 2.87 bits per heavy atom. The van der Waals surface area contributed by atoms with Crippen LogP contribution < -0.4 is 5.32 Å². The molecule has 2 unspecified atom stereocenters. The van der Waals surface area contributed by atoms with E-state index in [0.717, 1.165) is 18.4 Å². The number of amides is 1. The fourth-order valence-electron chi connectivity index (χ4n) is 3.49. The number of benzene rings is 1. The normalized spacial score (nSPS) is 29.4. The van der Waals surface area contributed by atoms with Crippen LogP contribution in [0.5, 0.6) is 0 Å². The van der Waals surface area contributed by atoms with Crippen LogP contribution in [-0.4, -0.2) is 28.3 Å². The number of hydrogen-bond donors (Lipinski definition) is 1. The van der Waals surface area contributed by atoms with Crippen LogP contribution in [0.4, 0.5) is 0 Å². The van der Waals surface area contributed by atoms with Crippen molar-refractivity contribution in [3.63, 3.8) is 0 Å². The second-order valence-electron chi connectivity index (χ2n) is 6.50. The molecule has 1 aliphatic heterocycles. The van der Waals surface area contributed by atoms with E-state index in [0.29, 0.717) is 12.5 Å². The number of aryl methyl sites for hydroxylation is 1. The lowest BCUT2D eigenvalue weighted by Crippen LogP contribution is -2.34. The van der Waals surface area contributed by atoms with Crippen molar-refractivity contribution in [1.82, 2.24) is 15.1 Å². The predicted octanol–water partition coefficient (Wildman–Crippen LogP) is 2.17. The van der Waals surface area contributed by atoms with Crippen LogP contribution in [-0.2, 0) is 16.6 Å². The molecule has 1 saturated carbocycles. The molecule has 4 rings (SSSR count). The maximum absolute atomic E-state index is 12.6. The summed E-state index contributed by atoms with van der Waals surface area (Å²) in [4.78, 5) is 12.6. The molecule has 0 spiro atoms. The molecule has 4 atom stereocenters. The van der Waals surface area contributed by atoms with Gasteiger partial charge in [0.1, 0.15) is 0 Å². The minimum Gasteiger partial charge on any atom is -0.373 e. The van der Waals surface area contributed by atoms with Crippen molar-refractivity contribution >= 4 is 5.91 Å². The van der Waals surface area contributed by atoms with Gasteiger partial charge in [0, 0.05) is 37.4 Å². The minimum absolute atomic E-state index is 0.111. The first-order chi connectivity index (χ1) is 11.2. The summed E-state index contributed by atoms with van der Waals surface area (Å²) in [6.07, 6.45) is 5.35. The molecule has 1 aromatic heterocycles. The summed E-state index contributed by atoms with van der Waals surface area (Å²) in [6.45, 7) is 0.629. The lowest BCUT2D eigenvalue weighted by Gasteiger charge is -2.17. The molecule has 1 aliphatic carbocycles. The average molecular weight is 311 g/mol. The van der Waals surface area contributed by atoms with Gasteiger partial charge in [0.25, 0.3) is 0 Å². The van der Waals surface area contributed by atoms with Crippen LogP contribution in [0.2, 0.25) is 0 Å². The Kier molecular flexibility index (Phi) is 3.65. The van der Waals surface area contributed by atoms with Crippen LogP contribution in [0.1, 0.15) is 36.0 Å². The number of hydrogen-bond acceptors (Lipinski definition) is 3. The van der Waals surface area contributed by atoms with Crippen LogP contribution >= 0.6 is 0 Å². The van der Waals surface area contributed by atoms with Gasteiger partial charge in [-0.15, -0.1) is 0 Å². The second kappa shape index (κ2) is 5.81. The van der Waals surface area contributed by atoms with Crippen molar-refractivity contribution in [3.8, 4) is 0 Å². The Morgan fingerprint density at radius 1 is 1.30 bits per heavy atom. The summed E-state index contributed by atoms with van der Waals surface area (Å²) >= 11 is 0. The van der Waals surface area contributed by atoms with Gasteiger partial charge < -0.3 is 10.1 Å². The Morgan fingerprint density at radius 2 is 2.13 bits per heavy atom. The van der Waals surface area contributed by atoms with Crippen LogP contribution in [0, 0.1) is 5.92 Å². The molecule has 5 heteroatoms. The first-order valence-corrected chi connectivity index (χ1v) is 8.18. The number of nitrogens with one attached hydrogen (secondary N) is 1. The molecule has 2 fully saturated rings. The number of carbonyl (C=O) groups is 1. The van der Waals surface area contributed by atoms with Crippen molar-refractivity contribution in [2.75, 3.05) is 6.61 Å². The highest BCUT2D eigenvalue weighted by Crippen LogP contribution is 2.42. The van der Waals surface area contributed by atoms with Gasteiger partial charge in [0.05, 0.1) is 18.2 Å². The molecule has 1 aromatic carbocycles. The Hall–Kier alpha value is -2.14. The topological polar surface area (TPSA) is 56.1 Å². The summed E-state index contributed by atoms with van der Waals surface area (Å²) in [5.74, 6) is 0.454. The number of aromatic nitrogens is 2. The van der Waals surface area contributed by atoms with Gasteiger partial charge in [-0.05, 0) is 18.4 Å². The zero-order chi connectivity index (χ0) is 15.8. The van der Waals surface area contributed by atoms with E-state index in [2.05, 4.69) is 34.7 Å². The fourth-order valence-corrected chi connectivity index (χ4v) is 3.49. The van der Waals surface area contributed by atoms with E-state index in [1.165, 1.54) is 5.56 Å². The second-order valence-corrected chi connectivity index (χ2v) is 6.50. The summed E-state index contributed by atoms with van der Waals surface area (Å²) in [5.41, 5.74) is 2.30. The van der Waals surface area contributed by atoms with E-state index < -0.39 is 0 Å². The van der Waals surface area contributed by atoms with Crippen molar-refractivity contribution in [2.45, 2.75) is 30.9 Å². The third kappa shape index (κ3) is 2.88. The van der Waals surface area contributed by atoms with E-state index in [4.69, 9.17) is 4.74 Å². The number of rotatable bonds is 4. The number of nitrogens with zero attached hydrogens (tertiary/aromatic N) is 2. The molecule has 1 N–H and O–H groups in total. The first-order valence-electron chi connectivity index (χ1n) is 8.18. The van der Waals surface area contributed by atoms with Crippen LogP contribution in [0.15, 0.2) is 42.7 Å². The highest BCUT2D eigenvalue weighted by atomic mass is 16.5. The fraction of sp³-hybridized carbons (Fsp3) is 0.444. The first kappa shape index (κ1) is 14.5. The van der Waals surface area contributed by atoms with Crippen molar-refractivity contribution in [1.29, 1.82) is 0 Å². The number of carbonyl (C=O) groups excluding carboxylic acids is 1. The molecular formula is C18H21N3O2. The van der Waals surface area contributed by atoms with E-state index in [1.807, 2.05) is 19.3 Å². The molecule has 0 bridgehead atoms. The Balaban J connectivity index is 1.40.